The van der Waals surface area contributed by atoms with Crippen LogP contribution in [0.15, 0.2) is 42.5 Å². The van der Waals surface area contributed by atoms with Crippen molar-refractivity contribution in [2.24, 2.45) is 0 Å². The van der Waals surface area contributed by atoms with Gasteiger partial charge in [0.15, 0.2) is 0 Å². The Balaban J connectivity index is 1.52. The van der Waals surface area contributed by atoms with Gasteiger partial charge in [-0.15, -0.1) is 0 Å². The molecule has 1 heterocycles. The van der Waals surface area contributed by atoms with E-state index in [0.717, 1.165) is 18.4 Å². The molecule has 0 radical (unpaired) electrons. The molecule has 1 fully saturated rings. The largest absolute Gasteiger partial charge is 0.395 e. The van der Waals surface area contributed by atoms with Crippen LogP contribution in [-0.4, -0.2) is 83.8 Å². The highest BCUT2D eigenvalue weighted by Crippen LogP contribution is 2.29. The Kier molecular flexibility index (Phi) is 10.6. The van der Waals surface area contributed by atoms with Gasteiger partial charge in [-0.05, 0) is 61.1 Å². The smallest absolute Gasteiger partial charge is 0.319 e. The Bertz CT molecular complexity index is 1150. The molecule has 202 valence electrons. The minimum absolute atomic E-state index is 0.0311. The number of likely N-dealkylation sites (tertiary alicyclic amines) is 1. The summed E-state index contributed by atoms with van der Waals surface area (Å²) in [5, 5.41) is 32.5. The van der Waals surface area contributed by atoms with Crippen LogP contribution in [-0.2, 0) is 4.79 Å². The average Bonchev–Trinajstić information content (AvgIpc) is 2.94. The second-order valence-electron chi connectivity index (χ2n) is 9.29. The van der Waals surface area contributed by atoms with Crippen LogP contribution in [0.5, 0.6) is 0 Å². The molecule has 1 aliphatic rings. The Morgan fingerprint density at radius 3 is 2.32 bits per heavy atom. The van der Waals surface area contributed by atoms with E-state index >= 15 is 0 Å². The lowest BCUT2D eigenvalue weighted by atomic mass is 9.89. The predicted octanol–water partition coefficient (Wildman–Crippen LogP) is 2.21. The molecule has 38 heavy (non-hydrogen) atoms. The van der Waals surface area contributed by atoms with Gasteiger partial charge >= 0.3 is 6.03 Å². The van der Waals surface area contributed by atoms with Crippen LogP contribution in [0.3, 0.4) is 0 Å². The zero-order valence-electron chi connectivity index (χ0n) is 21.7. The molecule has 2 aromatic carbocycles. The van der Waals surface area contributed by atoms with E-state index in [0.29, 0.717) is 35.8 Å². The van der Waals surface area contributed by atoms with E-state index in [1.54, 1.807) is 18.2 Å². The van der Waals surface area contributed by atoms with E-state index < -0.39 is 6.03 Å². The summed E-state index contributed by atoms with van der Waals surface area (Å²) in [5.41, 5.74) is 3.61. The molecular formula is C28H35N5O5. The Hall–Kier alpha value is -3.94. The third kappa shape index (κ3) is 7.78. The monoisotopic (exact) mass is 521 g/mol. The molecule has 4 amide bonds. The number of piperidine rings is 1. The predicted molar refractivity (Wildman–Crippen MR) is 143 cm³/mol. The second-order valence-corrected chi connectivity index (χ2v) is 9.29. The summed E-state index contributed by atoms with van der Waals surface area (Å²) in [6, 6.07) is 14.5. The number of hydrogen-bond acceptors (Lipinski definition) is 6. The SMILES string of the molecule is Cc1ccc(C(=O)N2CCC(c3ccc(C#N)cc3)CC2)cc1NC(=O)NCCC(=O)N(CCO)CCO. The summed E-state index contributed by atoms with van der Waals surface area (Å²) in [5.74, 6) is -0.0257. The van der Waals surface area contributed by atoms with Crippen LogP contribution >= 0.6 is 0 Å². The lowest BCUT2D eigenvalue weighted by molar-refractivity contribution is -0.132. The number of benzene rings is 2. The van der Waals surface area contributed by atoms with Crippen molar-refractivity contribution in [2.75, 3.05) is 51.3 Å². The molecule has 2 aromatic rings. The molecule has 0 atom stereocenters. The zero-order valence-corrected chi connectivity index (χ0v) is 21.7. The average molecular weight is 522 g/mol. The lowest BCUT2D eigenvalue weighted by Gasteiger charge is -2.32. The molecule has 0 unspecified atom stereocenters. The maximum absolute atomic E-state index is 13.2. The summed E-state index contributed by atoms with van der Waals surface area (Å²) in [4.78, 5) is 41.0. The van der Waals surface area contributed by atoms with Gasteiger partial charge < -0.3 is 30.6 Å². The van der Waals surface area contributed by atoms with Crippen molar-refractivity contribution in [1.29, 1.82) is 5.26 Å². The molecule has 10 nitrogen and oxygen atoms in total. The van der Waals surface area contributed by atoms with Crippen LogP contribution < -0.4 is 10.6 Å². The van der Waals surface area contributed by atoms with Crippen LogP contribution in [0.1, 0.15) is 52.2 Å². The van der Waals surface area contributed by atoms with Crippen LogP contribution in [0, 0.1) is 18.3 Å². The number of nitrogens with zero attached hydrogens (tertiary/aromatic N) is 3. The van der Waals surface area contributed by atoms with Gasteiger partial charge in [0.05, 0.1) is 24.8 Å². The first kappa shape index (κ1) is 28.6. The van der Waals surface area contributed by atoms with Gasteiger partial charge in [-0.25, -0.2) is 4.79 Å². The van der Waals surface area contributed by atoms with Crippen LogP contribution in [0.4, 0.5) is 10.5 Å². The van der Waals surface area contributed by atoms with E-state index in [1.807, 2.05) is 36.1 Å². The van der Waals surface area contributed by atoms with Crippen molar-refractivity contribution in [3.8, 4) is 6.07 Å². The van der Waals surface area contributed by atoms with E-state index in [-0.39, 0.29) is 51.1 Å². The molecule has 4 N–H and O–H groups in total. The van der Waals surface area contributed by atoms with Crippen molar-refractivity contribution in [3.63, 3.8) is 0 Å². The van der Waals surface area contributed by atoms with Gasteiger partial charge in [-0.2, -0.15) is 5.26 Å². The Labute approximate surface area is 222 Å². The van der Waals surface area contributed by atoms with Gasteiger partial charge in [0.1, 0.15) is 0 Å². The molecule has 3 rings (SSSR count). The molecular weight excluding hydrogens is 486 g/mol. The molecule has 10 heteroatoms. The van der Waals surface area contributed by atoms with Gasteiger partial charge in [0, 0.05) is 50.4 Å². The lowest BCUT2D eigenvalue weighted by Crippen LogP contribution is -2.39. The topological polar surface area (TPSA) is 146 Å². The molecule has 0 bridgehead atoms. The number of amides is 4. The maximum atomic E-state index is 13.2. The molecule has 0 spiro atoms. The van der Waals surface area contributed by atoms with E-state index in [1.165, 1.54) is 10.5 Å². The number of carbonyl (C=O) groups is 3. The van der Waals surface area contributed by atoms with Gasteiger partial charge in [-0.1, -0.05) is 18.2 Å². The van der Waals surface area contributed by atoms with Crippen molar-refractivity contribution >= 4 is 23.5 Å². The fourth-order valence-electron chi connectivity index (χ4n) is 4.53. The Morgan fingerprint density at radius 1 is 1.05 bits per heavy atom. The summed E-state index contributed by atoms with van der Waals surface area (Å²) < 4.78 is 0. The highest BCUT2D eigenvalue weighted by molar-refractivity contribution is 5.97. The third-order valence-electron chi connectivity index (χ3n) is 6.74. The second kappa shape index (κ2) is 14.1. The molecule has 0 aromatic heterocycles. The number of aliphatic hydroxyl groups is 2. The standard InChI is InChI=1S/C28H35N5O5/c1-20-2-5-24(18-25(20)31-28(38)30-11-8-26(36)32(14-16-34)15-17-35)27(37)33-12-9-23(10-13-33)22-6-3-21(19-29)4-7-22/h2-7,18,23,34-35H,8-17H2,1H3,(H2,30,31,38). The zero-order chi connectivity index (χ0) is 27.5. The number of urea groups is 1. The summed E-state index contributed by atoms with van der Waals surface area (Å²) >= 11 is 0. The number of rotatable bonds is 10. The highest BCUT2D eigenvalue weighted by atomic mass is 16.3. The quantitative estimate of drug-likeness (QED) is 0.377. The molecule has 0 aliphatic carbocycles. The van der Waals surface area contributed by atoms with Crippen molar-refractivity contribution in [3.05, 3.63) is 64.7 Å². The third-order valence-corrected chi connectivity index (χ3v) is 6.74. The number of aliphatic hydroxyl groups excluding tert-OH is 2. The van der Waals surface area contributed by atoms with Gasteiger partial charge in [0.2, 0.25) is 5.91 Å². The van der Waals surface area contributed by atoms with E-state index in [2.05, 4.69) is 16.7 Å². The van der Waals surface area contributed by atoms with Gasteiger partial charge in [-0.3, -0.25) is 9.59 Å². The van der Waals surface area contributed by atoms with Crippen LogP contribution in [0.2, 0.25) is 0 Å². The summed E-state index contributed by atoms with van der Waals surface area (Å²) in [7, 11) is 0. The van der Waals surface area contributed by atoms with Crippen molar-refractivity contribution < 1.29 is 24.6 Å². The number of nitriles is 1. The number of hydrogen-bond donors (Lipinski definition) is 4. The number of aryl methyl sites for hydroxylation is 1. The fourth-order valence-corrected chi connectivity index (χ4v) is 4.53. The molecule has 0 saturated carbocycles. The van der Waals surface area contributed by atoms with Crippen LogP contribution in [0.25, 0.3) is 0 Å². The number of carbonyl (C=O) groups excluding carboxylic acids is 3. The van der Waals surface area contributed by atoms with Crippen molar-refractivity contribution in [1.82, 2.24) is 15.1 Å². The highest BCUT2D eigenvalue weighted by Gasteiger charge is 2.25. The summed E-state index contributed by atoms with van der Waals surface area (Å²) in [6.07, 6.45) is 1.71. The minimum Gasteiger partial charge on any atom is -0.395 e. The molecule has 1 saturated heterocycles. The first-order chi connectivity index (χ1) is 18.4. The fraction of sp³-hybridized carbons (Fsp3) is 0.429. The first-order valence-electron chi connectivity index (χ1n) is 12.8. The first-order valence-corrected chi connectivity index (χ1v) is 12.8. The van der Waals surface area contributed by atoms with Gasteiger partial charge in [0.25, 0.3) is 5.91 Å². The minimum atomic E-state index is -0.496. The van der Waals surface area contributed by atoms with E-state index in [4.69, 9.17) is 15.5 Å². The van der Waals surface area contributed by atoms with E-state index in [9.17, 15) is 14.4 Å². The number of anilines is 1. The summed E-state index contributed by atoms with van der Waals surface area (Å²) in [6.45, 7) is 3.00. The Morgan fingerprint density at radius 2 is 1.71 bits per heavy atom. The van der Waals surface area contributed by atoms with Crippen molar-refractivity contribution in [2.45, 2.75) is 32.1 Å². The normalized spacial score (nSPS) is 13.5. The number of nitrogens with one attached hydrogen (secondary N) is 2. The maximum Gasteiger partial charge on any atom is 0.319 e. The molecule has 1 aliphatic heterocycles.